The molecule has 0 aromatic heterocycles. The number of halogens is 4. The van der Waals surface area contributed by atoms with Gasteiger partial charge in [0.15, 0.2) is 0 Å². The predicted molar refractivity (Wildman–Crippen MR) is 104 cm³/mol. The highest BCUT2D eigenvalue weighted by molar-refractivity contribution is 5.89. The molecule has 168 valence electrons. The lowest BCUT2D eigenvalue weighted by Crippen LogP contribution is -2.48. The molecule has 2 N–H and O–H groups in total. The molecule has 10 heteroatoms. The number of urea groups is 1. The largest absolute Gasteiger partial charge is 0.370 e. The van der Waals surface area contributed by atoms with E-state index in [1.807, 2.05) is 13.8 Å². The fourth-order valence-electron chi connectivity index (χ4n) is 3.07. The van der Waals surface area contributed by atoms with E-state index in [1.54, 1.807) is 23.1 Å². The van der Waals surface area contributed by atoms with E-state index in [2.05, 4.69) is 15.4 Å². The number of ether oxygens (including phenoxy) is 1. The molecule has 1 saturated heterocycles. The van der Waals surface area contributed by atoms with E-state index in [0.29, 0.717) is 37.2 Å². The monoisotopic (exact) mass is 433 g/mol. The summed E-state index contributed by atoms with van der Waals surface area (Å²) in [6.07, 6.45) is -2.49. The van der Waals surface area contributed by atoms with E-state index < -0.39 is 25.0 Å². The van der Waals surface area contributed by atoms with E-state index in [9.17, 15) is 27.2 Å². The summed E-state index contributed by atoms with van der Waals surface area (Å²) >= 11 is 0. The smallest absolute Gasteiger partial charge is 0.330 e. The van der Waals surface area contributed by atoms with E-state index in [0.717, 1.165) is 0 Å². The van der Waals surface area contributed by atoms with Crippen molar-refractivity contribution in [2.45, 2.75) is 51.7 Å². The molecule has 0 spiro atoms. The van der Waals surface area contributed by atoms with Crippen molar-refractivity contribution in [3.63, 3.8) is 0 Å². The van der Waals surface area contributed by atoms with Crippen LogP contribution in [0.15, 0.2) is 24.3 Å². The normalized spacial score (nSPS) is 15.5. The number of likely N-dealkylation sites (tertiary alicyclic amines) is 1. The van der Waals surface area contributed by atoms with Crippen LogP contribution < -0.4 is 10.6 Å². The quantitative estimate of drug-likeness (QED) is 0.612. The van der Waals surface area contributed by atoms with E-state index in [-0.39, 0.29) is 24.5 Å². The first-order valence-corrected chi connectivity index (χ1v) is 9.77. The molecule has 1 aliphatic rings. The molecule has 2 rings (SSSR count). The third kappa shape index (κ3) is 7.16. The van der Waals surface area contributed by atoms with Gasteiger partial charge in [-0.05, 0) is 30.5 Å². The fraction of sp³-hybridized carbons (Fsp3) is 0.600. The van der Waals surface area contributed by atoms with Gasteiger partial charge in [0.2, 0.25) is 5.91 Å². The van der Waals surface area contributed by atoms with Gasteiger partial charge in [0.05, 0.1) is 6.61 Å². The number of alkyl halides is 4. The minimum atomic E-state index is -4.20. The Morgan fingerprint density at radius 2 is 1.90 bits per heavy atom. The molecule has 0 radical (unpaired) electrons. The molecular weight excluding hydrogens is 406 g/mol. The first-order valence-electron chi connectivity index (χ1n) is 9.77. The first-order chi connectivity index (χ1) is 14.1. The molecule has 1 heterocycles. The first kappa shape index (κ1) is 23.9. The summed E-state index contributed by atoms with van der Waals surface area (Å²) in [6.45, 7) is 3.19. The number of nitrogens with one attached hydrogen (secondary N) is 2. The number of piperidine rings is 1. The molecule has 0 atom stereocenters. The summed E-state index contributed by atoms with van der Waals surface area (Å²) < 4.78 is 54.7. The Bertz CT molecular complexity index is 723. The SMILES string of the molecule is CC(C)C(=O)N1CCC(NC(=O)Nc2cccc(COCC(F)(F)C(F)F)c2)CC1. The highest BCUT2D eigenvalue weighted by atomic mass is 19.3. The zero-order valence-electron chi connectivity index (χ0n) is 17.0. The van der Waals surface area contributed by atoms with Crippen LogP contribution in [0.2, 0.25) is 0 Å². The van der Waals surface area contributed by atoms with Gasteiger partial charge in [-0.25, -0.2) is 13.6 Å². The molecule has 30 heavy (non-hydrogen) atoms. The number of carbonyl (C=O) groups is 2. The molecule has 0 saturated carbocycles. The highest BCUT2D eigenvalue weighted by Crippen LogP contribution is 2.23. The zero-order chi connectivity index (χ0) is 22.3. The summed E-state index contributed by atoms with van der Waals surface area (Å²) in [7, 11) is 0. The van der Waals surface area contributed by atoms with E-state index in [4.69, 9.17) is 0 Å². The van der Waals surface area contributed by atoms with Gasteiger partial charge in [0, 0.05) is 30.7 Å². The second-order valence-corrected chi connectivity index (χ2v) is 7.61. The lowest BCUT2D eigenvalue weighted by atomic mass is 10.0. The van der Waals surface area contributed by atoms with Gasteiger partial charge in [0.25, 0.3) is 0 Å². The summed E-state index contributed by atoms with van der Waals surface area (Å²) in [5.41, 5.74) is 0.875. The van der Waals surface area contributed by atoms with Gasteiger partial charge in [-0.1, -0.05) is 26.0 Å². The molecule has 3 amide bonds. The minimum absolute atomic E-state index is 0.0596. The van der Waals surface area contributed by atoms with Gasteiger partial charge in [0.1, 0.15) is 6.61 Å². The summed E-state index contributed by atoms with van der Waals surface area (Å²) in [6, 6.07) is 5.81. The number of hydrogen-bond donors (Lipinski definition) is 2. The van der Waals surface area contributed by atoms with Gasteiger partial charge >= 0.3 is 18.4 Å². The van der Waals surface area contributed by atoms with Gasteiger partial charge in [-0.15, -0.1) is 0 Å². The summed E-state index contributed by atoms with van der Waals surface area (Å²) in [4.78, 5) is 26.0. The molecule has 1 aromatic rings. The molecule has 1 aromatic carbocycles. The van der Waals surface area contributed by atoms with Gasteiger partial charge < -0.3 is 20.3 Å². The Morgan fingerprint density at radius 1 is 1.23 bits per heavy atom. The maximum absolute atomic E-state index is 12.9. The summed E-state index contributed by atoms with van der Waals surface area (Å²) in [5, 5.41) is 5.50. The number of nitrogens with zero attached hydrogens (tertiary/aromatic N) is 1. The van der Waals surface area contributed by atoms with Crippen LogP contribution in [0.3, 0.4) is 0 Å². The van der Waals surface area contributed by atoms with Crippen LogP contribution in [0.1, 0.15) is 32.3 Å². The van der Waals surface area contributed by atoms with Gasteiger partial charge in [-0.3, -0.25) is 4.79 Å². The number of benzene rings is 1. The molecule has 1 aliphatic heterocycles. The van der Waals surface area contributed by atoms with Crippen molar-refractivity contribution in [1.82, 2.24) is 10.2 Å². The average molecular weight is 433 g/mol. The molecule has 0 unspecified atom stereocenters. The molecule has 0 aliphatic carbocycles. The standard InChI is InChI=1S/C20H27F4N3O3/c1-13(2)17(28)27-8-6-15(7-9-27)25-19(29)26-16-5-3-4-14(10-16)11-30-12-20(23,24)18(21)22/h3-5,10,13,15,18H,6-9,11-12H2,1-2H3,(H2,25,26,29). The Balaban J connectivity index is 1.78. The molecule has 1 fully saturated rings. The second-order valence-electron chi connectivity index (χ2n) is 7.61. The highest BCUT2D eigenvalue weighted by Gasteiger charge is 2.40. The average Bonchev–Trinajstić information content (AvgIpc) is 2.68. The topological polar surface area (TPSA) is 70.7 Å². The van der Waals surface area contributed by atoms with Crippen LogP contribution in [0.25, 0.3) is 0 Å². The number of rotatable bonds is 8. The lowest BCUT2D eigenvalue weighted by Gasteiger charge is -2.33. The molecule has 0 bridgehead atoms. The zero-order valence-corrected chi connectivity index (χ0v) is 17.0. The Hall–Kier alpha value is -2.36. The Morgan fingerprint density at radius 3 is 2.50 bits per heavy atom. The molecule has 6 nitrogen and oxygen atoms in total. The predicted octanol–water partition coefficient (Wildman–Crippen LogP) is 3.87. The van der Waals surface area contributed by atoms with Crippen LogP contribution in [-0.2, 0) is 16.1 Å². The third-order valence-corrected chi connectivity index (χ3v) is 4.70. The van der Waals surface area contributed by atoms with Crippen LogP contribution in [0, 0.1) is 5.92 Å². The number of anilines is 1. The Labute approximate surface area is 172 Å². The maximum atomic E-state index is 12.9. The fourth-order valence-corrected chi connectivity index (χ4v) is 3.07. The van der Waals surface area contributed by atoms with Crippen molar-refractivity contribution in [2.24, 2.45) is 5.92 Å². The van der Waals surface area contributed by atoms with Gasteiger partial charge in [-0.2, -0.15) is 8.78 Å². The van der Waals surface area contributed by atoms with Crippen LogP contribution in [0.4, 0.5) is 28.0 Å². The van der Waals surface area contributed by atoms with Crippen molar-refractivity contribution in [3.8, 4) is 0 Å². The minimum Gasteiger partial charge on any atom is -0.370 e. The van der Waals surface area contributed by atoms with Crippen molar-refractivity contribution < 1.29 is 31.9 Å². The van der Waals surface area contributed by atoms with Crippen molar-refractivity contribution in [1.29, 1.82) is 0 Å². The number of amides is 3. The number of carbonyl (C=O) groups excluding carboxylic acids is 2. The summed E-state index contributed by atoms with van der Waals surface area (Å²) in [5.74, 6) is -4.16. The third-order valence-electron chi connectivity index (χ3n) is 4.70. The van der Waals surface area contributed by atoms with Crippen LogP contribution in [-0.4, -0.2) is 54.9 Å². The lowest BCUT2D eigenvalue weighted by molar-refractivity contribution is -0.168. The van der Waals surface area contributed by atoms with Crippen molar-refractivity contribution in [2.75, 3.05) is 25.0 Å². The number of hydrogen-bond acceptors (Lipinski definition) is 3. The van der Waals surface area contributed by atoms with Crippen LogP contribution in [0.5, 0.6) is 0 Å². The van der Waals surface area contributed by atoms with E-state index >= 15 is 0 Å². The van der Waals surface area contributed by atoms with E-state index in [1.165, 1.54) is 6.07 Å². The Kier molecular flexibility index (Phi) is 8.45. The molecular formula is C20H27F4N3O3. The van der Waals surface area contributed by atoms with Crippen molar-refractivity contribution >= 4 is 17.6 Å². The maximum Gasteiger partial charge on any atom is 0.330 e. The second kappa shape index (κ2) is 10.6. The van der Waals surface area contributed by atoms with Crippen molar-refractivity contribution in [3.05, 3.63) is 29.8 Å². The van der Waals surface area contributed by atoms with Crippen LogP contribution >= 0.6 is 0 Å².